The number of nitrogens with two attached hydrogens (primary N) is 1. The van der Waals surface area contributed by atoms with Crippen molar-refractivity contribution in [2.24, 2.45) is 17.1 Å². The summed E-state index contributed by atoms with van der Waals surface area (Å²) in [4.78, 5) is 11.7. The molecule has 15 heavy (non-hydrogen) atoms. The van der Waals surface area contributed by atoms with Gasteiger partial charge in [-0.1, -0.05) is 0 Å². The summed E-state index contributed by atoms with van der Waals surface area (Å²) in [5.74, 6) is 0.794. The summed E-state index contributed by atoms with van der Waals surface area (Å²) in [6.07, 6.45) is 4.09. The van der Waals surface area contributed by atoms with Gasteiger partial charge >= 0.3 is 0 Å². The van der Waals surface area contributed by atoms with Gasteiger partial charge in [-0.3, -0.25) is 4.79 Å². The molecule has 1 amide bonds. The molecule has 2 fully saturated rings. The van der Waals surface area contributed by atoms with Gasteiger partial charge in [-0.15, -0.1) is 0 Å². The Bertz CT molecular complexity index is 233. The molecule has 1 saturated heterocycles. The quantitative estimate of drug-likeness (QED) is 0.687. The van der Waals surface area contributed by atoms with Gasteiger partial charge in [-0.2, -0.15) is 0 Å². The van der Waals surface area contributed by atoms with Gasteiger partial charge in [-0.05, 0) is 31.6 Å². The third-order valence-corrected chi connectivity index (χ3v) is 3.59. The molecule has 1 atom stereocenters. The van der Waals surface area contributed by atoms with E-state index < -0.39 is 0 Å². The van der Waals surface area contributed by atoms with Crippen LogP contribution in [0.1, 0.15) is 25.7 Å². The smallest absolute Gasteiger partial charge is 0.227 e. The normalized spacial score (nSPS) is 27.7. The second-order valence-corrected chi connectivity index (χ2v) is 4.76. The monoisotopic (exact) mass is 212 g/mol. The number of carbonyl (C=O) groups excluding carboxylic acids is 1. The van der Waals surface area contributed by atoms with Gasteiger partial charge in [0.15, 0.2) is 0 Å². The highest BCUT2D eigenvalue weighted by Crippen LogP contribution is 2.44. The van der Waals surface area contributed by atoms with Crippen molar-refractivity contribution in [2.75, 3.05) is 26.3 Å². The van der Waals surface area contributed by atoms with E-state index in [2.05, 4.69) is 5.32 Å². The van der Waals surface area contributed by atoms with Crippen LogP contribution in [0.5, 0.6) is 0 Å². The maximum Gasteiger partial charge on any atom is 0.227 e. The van der Waals surface area contributed by atoms with E-state index in [1.54, 1.807) is 0 Å². The van der Waals surface area contributed by atoms with Gasteiger partial charge in [-0.25, -0.2) is 0 Å². The number of hydrogen-bond acceptors (Lipinski definition) is 3. The number of ether oxygens (including phenoxy) is 1. The summed E-state index contributed by atoms with van der Waals surface area (Å²) < 4.78 is 5.28. The molecule has 0 spiro atoms. The number of hydrogen-bond donors (Lipinski definition) is 2. The van der Waals surface area contributed by atoms with Crippen LogP contribution in [0, 0.1) is 11.3 Å². The zero-order valence-corrected chi connectivity index (χ0v) is 9.13. The SMILES string of the molecule is NCC1(C(=O)NCCC2CCOC2)CC1. The Kier molecular flexibility index (Phi) is 3.26. The minimum atomic E-state index is -0.202. The Morgan fingerprint density at radius 2 is 2.33 bits per heavy atom. The summed E-state index contributed by atoms with van der Waals surface area (Å²) in [6, 6.07) is 0. The van der Waals surface area contributed by atoms with E-state index in [-0.39, 0.29) is 11.3 Å². The van der Waals surface area contributed by atoms with E-state index in [0.29, 0.717) is 12.5 Å². The Morgan fingerprint density at radius 3 is 2.87 bits per heavy atom. The third-order valence-electron chi connectivity index (χ3n) is 3.59. The van der Waals surface area contributed by atoms with Gasteiger partial charge < -0.3 is 15.8 Å². The van der Waals surface area contributed by atoms with E-state index in [4.69, 9.17) is 10.5 Å². The summed E-state index contributed by atoms with van der Waals surface area (Å²) in [5, 5.41) is 2.99. The highest BCUT2D eigenvalue weighted by Gasteiger charge is 2.48. The number of amides is 1. The number of rotatable bonds is 5. The van der Waals surface area contributed by atoms with Crippen molar-refractivity contribution in [3.63, 3.8) is 0 Å². The number of carbonyl (C=O) groups is 1. The average Bonchev–Trinajstić information content (AvgIpc) is 2.90. The molecule has 0 aromatic heterocycles. The summed E-state index contributed by atoms with van der Waals surface area (Å²) in [7, 11) is 0. The van der Waals surface area contributed by atoms with Crippen LogP contribution in [-0.2, 0) is 9.53 Å². The topological polar surface area (TPSA) is 64.4 Å². The van der Waals surface area contributed by atoms with Crippen LogP contribution in [0.3, 0.4) is 0 Å². The Labute approximate surface area is 90.5 Å². The van der Waals surface area contributed by atoms with Crippen molar-refractivity contribution < 1.29 is 9.53 Å². The van der Waals surface area contributed by atoms with Gasteiger partial charge in [0.1, 0.15) is 0 Å². The molecule has 0 aromatic rings. The lowest BCUT2D eigenvalue weighted by molar-refractivity contribution is -0.126. The van der Waals surface area contributed by atoms with Crippen molar-refractivity contribution in [3.05, 3.63) is 0 Å². The minimum absolute atomic E-state index is 0.156. The summed E-state index contributed by atoms with van der Waals surface area (Å²) in [6.45, 7) is 3.00. The fourth-order valence-corrected chi connectivity index (χ4v) is 2.06. The lowest BCUT2D eigenvalue weighted by Crippen LogP contribution is -2.37. The van der Waals surface area contributed by atoms with E-state index >= 15 is 0 Å². The minimum Gasteiger partial charge on any atom is -0.381 e. The molecule has 4 heteroatoms. The average molecular weight is 212 g/mol. The van der Waals surface area contributed by atoms with Crippen LogP contribution in [0.25, 0.3) is 0 Å². The van der Waals surface area contributed by atoms with Crippen LogP contribution < -0.4 is 11.1 Å². The standard InChI is InChI=1S/C11H20N2O2/c12-8-11(3-4-11)10(14)13-5-1-9-2-6-15-7-9/h9H,1-8,12H2,(H,13,14). The highest BCUT2D eigenvalue weighted by molar-refractivity contribution is 5.85. The summed E-state index contributed by atoms with van der Waals surface area (Å²) in [5.41, 5.74) is 5.38. The molecule has 1 unspecified atom stereocenters. The fraction of sp³-hybridized carbons (Fsp3) is 0.909. The first-order chi connectivity index (χ1) is 7.27. The fourth-order valence-electron chi connectivity index (χ4n) is 2.06. The Hall–Kier alpha value is -0.610. The molecule has 3 N–H and O–H groups in total. The zero-order valence-electron chi connectivity index (χ0n) is 9.13. The van der Waals surface area contributed by atoms with E-state index in [1.807, 2.05) is 0 Å². The van der Waals surface area contributed by atoms with E-state index in [1.165, 1.54) is 0 Å². The van der Waals surface area contributed by atoms with Crippen LogP contribution in [-0.4, -0.2) is 32.2 Å². The van der Waals surface area contributed by atoms with E-state index in [9.17, 15) is 4.79 Å². The Balaban J connectivity index is 1.63. The van der Waals surface area contributed by atoms with Gasteiger partial charge in [0.2, 0.25) is 5.91 Å². The maximum atomic E-state index is 11.7. The first-order valence-corrected chi connectivity index (χ1v) is 5.83. The lowest BCUT2D eigenvalue weighted by atomic mass is 10.0. The molecule has 2 aliphatic rings. The molecule has 1 saturated carbocycles. The summed E-state index contributed by atoms with van der Waals surface area (Å²) >= 11 is 0. The maximum absolute atomic E-state index is 11.7. The second-order valence-electron chi connectivity index (χ2n) is 4.76. The zero-order chi connectivity index (χ0) is 10.7. The van der Waals surface area contributed by atoms with Crippen molar-refractivity contribution in [1.82, 2.24) is 5.32 Å². The Morgan fingerprint density at radius 1 is 1.53 bits per heavy atom. The first kappa shape index (κ1) is 10.9. The molecular weight excluding hydrogens is 192 g/mol. The van der Waals surface area contributed by atoms with Crippen LogP contribution in [0.2, 0.25) is 0 Å². The third kappa shape index (κ3) is 2.49. The first-order valence-electron chi connectivity index (χ1n) is 5.83. The van der Waals surface area contributed by atoms with Crippen LogP contribution in [0.15, 0.2) is 0 Å². The molecule has 0 bridgehead atoms. The second kappa shape index (κ2) is 4.49. The molecule has 2 rings (SSSR count). The highest BCUT2D eigenvalue weighted by atomic mass is 16.5. The van der Waals surface area contributed by atoms with Crippen LogP contribution >= 0.6 is 0 Å². The molecule has 0 radical (unpaired) electrons. The predicted molar refractivity (Wildman–Crippen MR) is 57.3 cm³/mol. The van der Waals surface area contributed by atoms with Crippen molar-refractivity contribution in [3.8, 4) is 0 Å². The molecule has 0 aromatic carbocycles. The molecular formula is C11H20N2O2. The largest absolute Gasteiger partial charge is 0.381 e. The van der Waals surface area contributed by atoms with Crippen molar-refractivity contribution in [1.29, 1.82) is 0 Å². The van der Waals surface area contributed by atoms with E-state index in [0.717, 1.165) is 45.4 Å². The van der Waals surface area contributed by atoms with Gasteiger partial charge in [0.25, 0.3) is 0 Å². The van der Waals surface area contributed by atoms with Crippen LogP contribution in [0.4, 0.5) is 0 Å². The number of nitrogens with one attached hydrogen (secondary N) is 1. The molecule has 4 nitrogen and oxygen atoms in total. The molecule has 1 aliphatic carbocycles. The molecule has 1 heterocycles. The predicted octanol–water partition coefficient (Wildman–Crippen LogP) is 0.268. The molecule has 86 valence electrons. The lowest BCUT2D eigenvalue weighted by Gasteiger charge is -2.14. The van der Waals surface area contributed by atoms with Crippen molar-refractivity contribution in [2.45, 2.75) is 25.7 Å². The van der Waals surface area contributed by atoms with Crippen molar-refractivity contribution >= 4 is 5.91 Å². The van der Waals surface area contributed by atoms with Gasteiger partial charge in [0, 0.05) is 26.3 Å². The van der Waals surface area contributed by atoms with Gasteiger partial charge in [0.05, 0.1) is 5.41 Å². The molecule has 1 aliphatic heterocycles.